The number of nitrogens with zero attached hydrogens (tertiary/aromatic N) is 5. The van der Waals surface area contributed by atoms with Crippen molar-refractivity contribution >= 4 is 11.2 Å². The number of benzene rings is 2. The lowest BCUT2D eigenvalue weighted by molar-refractivity contribution is 0.249. The third kappa shape index (κ3) is 5.24. The van der Waals surface area contributed by atoms with E-state index >= 15 is 0 Å². The molecule has 0 radical (unpaired) electrons. The highest BCUT2D eigenvalue weighted by molar-refractivity contribution is 5.66. The Kier molecular flexibility index (Phi) is 7.64. The Hall–Kier alpha value is -3.85. The van der Waals surface area contributed by atoms with Gasteiger partial charge in [0.2, 0.25) is 0 Å². The van der Waals surface area contributed by atoms with E-state index in [-0.39, 0.29) is 5.56 Å². The van der Waals surface area contributed by atoms with Crippen LogP contribution < -0.4 is 19.9 Å². The van der Waals surface area contributed by atoms with E-state index in [1.165, 1.54) is 5.69 Å². The van der Waals surface area contributed by atoms with Crippen molar-refractivity contribution in [1.29, 1.82) is 0 Å². The van der Waals surface area contributed by atoms with Crippen LogP contribution in [-0.4, -0.2) is 64.4 Å². The Morgan fingerprint density at radius 1 is 1.03 bits per heavy atom. The van der Waals surface area contributed by atoms with Gasteiger partial charge >= 0.3 is 0 Å². The standard InChI is InChI=1S/C29H36N6O3/c1-5-7-26-30-20(3)27-29(36)31-28(32-35(26)27)24-18-21(8-13-25(24)38-6-2)19-33-14-16-34(17-15-33)22-9-11-23(37-4)12-10-22/h8-13,18H,5-7,14-17,19H2,1-4H3,(H,31,32,36). The number of imidazole rings is 1. The van der Waals surface area contributed by atoms with Crippen LogP contribution in [0.1, 0.15) is 37.4 Å². The van der Waals surface area contributed by atoms with E-state index in [1.54, 1.807) is 11.6 Å². The average Bonchev–Trinajstić information content (AvgIpc) is 3.25. The zero-order chi connectivity index (χ0) is 26.6. The molecule has 0 saturated carbocycles. The SMILES string of the molecule is CCCc1nc(C)c2c(=O)[nH]c(-c3cc(CN4CCN(c5ccc(OC)cc5)CC4)ccc3OCC)nn12. The Bertz CT molecular complexity index is 1450. The second-order valence-electron chi connectivity index (χ2n) is 9.65. The molecule has 1 saturated heterocycles. The van der Waals surface area contributed by atoms with Crippen molar-refractivity contribution in [1.82, 2.24) is 24.5 Å². The number of hydrogen-bond acceptors (Lipinski definition) is 7. The summed E-state index contributed by atoms with van der Waals surface area (Å²) >= 11 is 0. The number of rotatable bonds is 9. The normalized spacial score (nSPS) is 14.3. The van der Waals surface area contributed by atoms with E-state index in [9.17, 15) is 4.79 Å². The summed E-state index contributed by atoms with van der Waals surface area (Å²) in [6.07, 6.45) is 1.68. The van der Waals surface area contributed by atoms with E-state index in [0.29, 0.717) is 29.4 Å². The minimum absolute atomic E-state index is 0.190. The summed E-state index contributed by atoms with van der Waals surface area (Å²) in [6, 6.07) is 14.4. The van der Waals surface area contributed by atoms with Crippen LogP contribution in [0.5, 0.6) is 11.5 Å². The minimum atomic E-state index is -0.190. The highest BCUT2D eigenvalue weighted by Crippen LogP contribution is 2.30. The number of H-pyrrole nitrogens is 1. The van der Waals surface area contributed by atoms with Gasteiger partial charge in [-0.2, -0.15) is 0 Å². The number of piperazine rings is 1. The topological polar surface area (TPSA) is 88.0 Å². The summed E-state index contributed by atoms with van der Waals surface area (Å²) in [7, 11) is 1.69. The van der Waals surface area contributed by atoms with E-state index in [0.717, 1.165) is 68.3 Å². The summed E-state index contributed by atoms with van der Waals surface area (Å²) in [5, 5.41) is 4.82. The average molecular weight is 517 g/mol. The summed E-state index contributed by atoms with van der Waals surface area (Å²) in [5.41, 5.74) is 4.16. The maximum atomic E-state index is 13.0. The summed E-state index contributed by atoms with van der Waals surface area (Å²) in [5.74, 6) is 2.87. The highest BCUT2D eigenvalue weighted by Gasteiger charge is 2.20. The number of aromatic nitrogens is 4. The Morgan fingerprint density at radius 2 is 1.79 bits per heavy atom. The van der Waals surface area contributed by atoms with Gasteiger partial charge in [-0.3, -0.25) is 9.69 Å². The molecule has 1 aliphatic rings. The van der Waals surface area contributed by atoms with Gasteiger partial charge in [0.15, 0.2) is 11.3 Å². The molecule has 1 N–H and O–H groups in total. The van der Waals surface area contributed by atoms with Gasteiger partial charge in [0.25, 0.3) is 5.56 Å². The van der Waals surface area contributed by atoms with Crippen LogP contribution in [0.4, 0.5) is 5.69 Å². The number of fused-ring (bicyclic) bond motifs is 1. The molecule has 1 fully saturated rings. The molecule has 200 valence electrons. The molecular weight excluding hydrogens is 480 g/mol. The van der Waals surface area contributed by atoms with E-state index < -0.39 is 0 Å². The largest absolute Gasteiger partial charge is 0.497 e. The molecule has 9 heteroatoms. The number of methoxy groups -OCH3 is 1. The van der Waals surface area contributed by atoms with Gasteiger partial charge in [-0.1, -0.05) is 13.0 Å². The molecule has 5 rings (SSSR count). The maximum absolute atomic E-state index is 13.0. The molecule has 0 amide bonds. The lowest BCUT2D eigenvalue weighted by Crippen LogP contribution is -2.45. The zero-order valence-corrected chi connectivity index (χ0v) is 22.7. The lowest BCUT2D eigenvalue weighted by atomic mass is 10.1. The van der Waals surface area contributed by atoms with Crippen LogP contribution in [0.3, 0.4) is 0 Å². The van der Waals surface area contributed by atoms with Gasteiger partial charge in [0.05, 0.1) is 25.0 Å². The first kappa shape index (κ1) is 25.8. The first-order chi connectivity index (χ1) is 18.5. The Morgan fingerprint density at radius 3 is 2.47 bits per heavy atom. The van der Waals surface area contributed by atoms with Crippen LogP contribution >= 0.6 is 0 Å². The first-order valence-corrected chi connectivity index (χ1v) is 13.4. The predicted octanol–water partition coefficient (Wildman–Crippen LogP) is 4.08. The maximum Gasteiger partial charge on any atom is 0.277 e. The minimum Gasteiger partial charge on any atom is -0.497 e. The third-order valence-corrected chi connectivity index (χ3v) is 7.03. The smallest absolute Gasteiger partial charge is 0.277 e. The number of nitrogens with one attached hydrogen (secondary N) is 1. The molecule has 9 nitrogen and oxygen atoms in total. The number of hydrogen-bond donors (Lipinski definition) is 1. The molecule has 0 atom stereocenters. The van der Waals surface area contributed by atoms with Crippen molar-refractivity contribution in [2.24, 2.45) is 0 Å². The number of aromatic amines is 1. The lowest BCUT2D eigenvalue weighted by Gasteiger charge is -2.36. The van der Waals surface area contributed by atoms with Crippen molar-refractivity contribution < 1.29 is 9.47 Å². The molecule has 0 bridgehead atoms. The van der Waals surface area contributed by atoms with Crippen LogP contribution in [0.25, 0.3) is 16.9 Å². The quantitative estimate of drug-likeness (QED) is 0.359. The molecule has 0 unspecified atom stereocenters. The van der Waals surface area contributed by atoms with Crippen LogP contribution in [0, 0.1) is 6.92 Å². The number of anilines is 1. The molecule has 4 aromatic rings. The second-order valence-corrected chi connectivity index (χ2v) is 9.65. The van der Waals surface area contributed by atoms with Crippen molar-refractivity contribution in [3.05, 3.63) is 69.9 Å². The fourth-order valence-corrected chi connectivity index (χ4v) is 5.10. The van der Waals surface area contributed by atoms with Crippen molar-refractivity contribution in [3.8, 4) is 22.9 Å². The van der Waals surface area contributed by atoms with Gasteiger partial charge < -0.3 is 19.4 Å². The van der Waals surface area contributed by atoms with Gasteiger partial charge in [0, 0.05) is 44.8 Å². The molecule has 0 spiro atoms. The Balaban J connectivity index is 1.38. The molecular formula is C29H36N6O3. The Labute approximate surface area is 223 Å². The van der Waals surface area contributed by atoms with Gasteiger partial charge in [-0.05, 0) is 62.2 Å². The van der Waals surface area contributed by atoms with Gasteiger partial charge in [-0.25, -0.2) is 9.50 Å². The summed E-state index contributed by atoms with van der Waals surface area (Å²) < 4.78 is 12.9. The van der Waals surface area contributed by atoms with E-state index in [1.807, 2.05) is 32.0 Å². The van der Waals surface area contributed by atoms with Crippen molar-refractivity contribution in [2.45, 2.75) is 40.2 Å². The predicted molar refractivity (Wildman–Crippen MR) is 149 cm³/mol. The molecule has 0 aliphatic carbocycles. The number of aryl methyl sites for hydroxylation is 2. The summed E-state index contributed by atoms with van der Waals surface area (Å²) in [4.78, 5) is 25.5. The molecule has 3 heterocycles. The van der Waals surface area contributed by atoms with Crippen LogP contribution in [-0.2, 0) is 13.0 Å². The van der Waals surface area contributed by atoms with E-state index in [4.69, 9.17) is 14.6 Å². The number of ether oxygens (including phenoxy) is 2. The van der Waals surface area contributed by atoms with Crippen LogP contribution in [0.15, 0.2) is 47.3 Å². The van der Waals surface area contributed by atoms with Gasteiger partial charge in [0.1, 0.15) is 17.3 Å². The zero-order valence-electron chi connectivity index (χ0n) is 22.7. The second kappa shape index (κ2) is 11.3. The molecule has 1 aliphatic heterocycles. The van der Waals surface area contributed by atoms with E-state index in [2.05, 4.69) is 51.0 Å². The molecule has 2 aromatic heterocycles. The summed E-state index contributed by atoms with van der Waals surface area (Å²) in [6.45, 7) is 11.1. The monoisotopic (exact) mass is 516 g/mol. The first-order valence-electron chi connectivity index (χ1n) is 13.4. The van der Waals surface area contributed by atoms with Gasteiger partial charge in [-0.15, -0.1) is 5.10 Å². The highest BCUT2D eigenvalue weighted by atomic mass is 16.5. The fraction of sp³-hybridized carbons (Fsp3) is 0.414. The molecule has 2 aromatic carbocycles. The third-order valence-electron chi connectivity index (χ3n) is 7.03. The van der Waals surface area contributed by atoms with Crippen LogP contribution in [0.2, 0.25) is 0 Å². The fourth-order valence-electron chi connectivity index (χ4n) is 5.10. The van der Waals surface area contributed by atoms with Crippen molar-refractivity contribution in [2.75, 3.05) is 44.8 Å². The molecule has 38 heavy (non-hydrogen) atoms. The van der Waals surface area contributed by atoms with Crippen molar-refractivity contribution in [3.63, 3.8) is 0 Å².